The molecule has 0 saturated carbocycles. The largest absolute Gasteiger partial charge is 0.382 e. The highest BCUT2D eigenvalue weighted by Gasteiger charge is 2.15. The molecule has 0 spiro atoms. The molecule has 0 unspecified atom stereocenters. The third kappa shape index (κ3) is 8.26. The van der Waals surface area contributed by atoms with Crippen LogP contribution >= 0.6 is 0 Å². The third-order valence-corrected chi connectivity index (χ3v) is 2.40. The molecular weight excluding hydrogens is 162 g/mol. The highest BCUT2D eigenvalue weighted by atomic mass is 16.5. The van der Waals surface area contributed by atoms with Crippen LogP contribution in [0.25, 0.3) is 0 Å². The van der Waals surface area contributed by atoms with Crippen molar-refractivity contribution < 1.29 is 4.74 Å². The molecule has 0 amide bonds. The van der Waals surface area contributed by atoms with E-state index >= 15 is 0 Å². The molecule has 0 aromatic rings. The second-order valence-electron chi connectivity index (χ2n) is 4.32. The van der Waals surface area contributed by atoms with Gasteiger partial charge in [0.1, 0.15) is 0 Å². The number of ether oxygens (including phenoxy) is 1. The van der Waals surface area contributed by atoms with E-state index in [-0.39, 0.29) is 0 Å². The van der Waals surface area contributed by atoms with Gasteiger partial charge in [-0.15, -0.1) is 0 Å². The van der Waals surface area contributed by atoms with Gasteiger partial charge in [0.15, 0.2) is 0 Å². The molecule has 80 valence electrons. The summed E-state index contributed by atoms with van der Waals surface area (Å²) in [6, 6.07) is 0. The molecular formula is C11H25NO. The highest BCUT2D eigenvalue weighted by molar-refractivity contribution is 4.69. The Bertz CT molecular complexity index is 113. The fourth-order valence-corrected chi connectivity index (χ4v) is 1.39. The maximum atomic E-state index is 5.32. The van der Waals surface area contributed by atoms with Crippen molar-refractivity contribution >= 4 is 0 Å². The van der Waals surface area contributed by atoms with Gasteiger partial charge in [0, 0.05) is 13.2 Å². The molecule has 13 heavy (non-hydrogen) atoms. The van der Waals surface area contributed by atoms with E-state index in [1.165, 1.54) is 19.3 Å². The van der Waals surface area contributed by atoms with Crippen molar-refractivity contribution in [2.75, 3.05) is 26.8 Å². The lowest BCUT2D eigenvalue weighted by molar-refractivity contribution is 0.131. The van der Waals surface area contributed by atoms with Gasteiger partial charge in [0.2, 0.25) is 0 Å². The van der Waals surface area contributed by atoms with Gasteiger partial charge >= 0.3 is 0 Å². The van der Waals surface area contributed by atoms with Crippen LogP contribution in [0.2, 0.25) is 0 Å². The van der Waals surface area contributed by atoms with Crippen molar-refractivity contribution in [3.63, 3.8) is 0 Å². The van der Waals surface area contributed by atoms with Gasteiger partial charge in [-0.1, -0.05) is 13.8 Å². The minimum atomic E-state index is 0.458. The van der Waals surface area contributed by atoms with E-state index < -0.39 is 0 Å². The van der Waals surface area contributed by atoms with E-state index in [2.05, 4.69) is 19.2 Å². The minimum absolute atomic E-state index is 0.458. The van der Waals surface area contributed by atoms with Gasteiger partial charge in [0.25, 0.3) is 0 Å². The summed E-state index contributed by atoms with van der Waals surface area (Å²) in [6.07, 6.45) is 3.69. The highest BCUT2D eigenvalue weighted by Crippen LogP contribution is 2.25. The van der Waals surface area contributed by atoms with Crippen LogP contribution in [-0.4, -0.2) is 26.8 Å². The van der Waals surface area contributed by atoms with E-state index in [1.54, 1.807) is 0 Å². The molecule has 0 aliphatic heterocycles. The van der Waals surface area contributed by atoms with Crippen molar-refractivity contribution in [3.05, 3.63) is 0 Å². The molecule has 0 aliphatic rings. The molecule has 0 bridgehead atoms. The van der Waals surface area contributed by atoms with Gasteiger partial charge in [-0.3, -0.25) is 0 Å². The normalized spacial score (nSPS) is 12.0. The van der Waals surface area contributed by atoms with E-state index in [4.69, 9.17) is 4.74 Å². The zero-order valence-corrected chi connectivity index (χ0v) is 9.65. The Morgan fingerprint density at radius 1 is 1.23 bits per heavy atom. The molecule has 1 N–H and O–H groups in total. The summed E-state index contributed by atoms with van der Waals surface area (Å²) < 4.78 is 5.32. The lowest BCUT2D eigenvalue weighted by Gasteiger charge is -2.24. The minimum Gasteiger partial charge on any atom is -0.382 e. The second kappa shape index (κ2) is 7.34. The number of rotatable bonds is 8. The number of nitrogens with one attached hydrogen (secondary N) is 1. The first-order valence-electron chi connectivity index (χ1n) is 5.35. The summed E-state index contributed by atoms with van der Waals surface area (Å²) in [4.78, 5) is 0. The summed E-state index contributed by atoms with van der Waals surface area (Å²) in [5.74, 6) is 0. The summed E-state index contributed by atoms with van der Waals surface area (Å²) >= 11 is 0. The van der Waals surface area contributed by atoms with Crippen LogP contribution in [0.4, 0.5) is 0 Å². The Morgan fingerprint density at radius 2 is 1.92 bits per heavy atom. The lowest BCUT2D eigenvalue weighted by atomic mass is 9.84. The average molecular weight is 187 g/mol. The average Bonchev–Trinajstić information content (AvgIpc) is 2.09. The van der Waals surface area contributed by atoms with Crippen LogP contribution in [0, 0.1) is 5.41 Å². The van der Waals surface area contributed by atoms with E-state index in [0.717, 1.165) is 19.8 Å². The number of hydrogen-bond acceptors (Lipinski definition) is 2. The predicted molar refractivity (Wildman–Crippen MR) is 58.1 cm³/mol. The van der Waals surface area contributed by atoms with Crippen molar-refractivity contribution in [2.24, 2.45) is 5.41 Å². The van der Waals surface area contributed by atoms with Crippen LogP contribution < -0.4 is 5.32 Å². The molecule has 0 aromatic heterocycles. The van der Waals surface area contributed by atoms with E-state index in [1.807, 2.05) is 14.0 Å². The first-order valence-corrected chi connectivity index (χ1v) is 5.35. The van der Waals surface area contributed by atoms with Gasteiger partial charge in [0.05, 0.1) is 0 Å². The standard InChI is InChI=1S/C11H25NO/c1-5-13-10-6-7-11(2,3)8-9-12-4/h12H,5-10H2,1-4H3. The van der Waals surface area contributed by atoms with Crippen molar-refractivity contribution in [1.29, 1.82) is 0 Å². The van der Waals surface area contributed by atoms with Gasteiger partial charge in [-0.2, -0.15) is 0 Å². The zero-order valence-electron chi connectivity index (χ0n) is 9.65. The fourth-order valence-electron chi connectivity index (χ4n) is 1.39. The van der Waals surface area contributed by atoms with Crippen LogP contribution in [0.15, 0.2) is 0 Å². The van der Waals surface area contributed by atoms with E-state index in [9.17, 15) is 0 Å². The quantitative estimate of drug-likeness (QED) is 0.589. The smallest absolute Gasteiger partial charge is 0.0466 e. The van der Waals surface area contributed by atoms with Crippen LogP contribution in [-0.2, 0) is 4.74 Å². The molecule has 0 aromatic carbocycles. The number of hydrogen-bond donors (Lipinski definition) is 1. The third-order valence-electron chi connectivity index (χ3n) is 2.40. The summed E-state index contributed by atoms with van der Waals surface area (Å²) in [5, 5.41) is 3.19. The maximum Gasteiger partial charge on any atom is 0.0466 e. The molecule has 0 saturated heterocycles. The van der Waals surface area contributed by atoms with Crippen LogP contribution in [0.3, 0.4) is 0 Å². The molecule has 0 rings (SSSR count). The summed E-state index contributed by atoms with van der Waals surface area (Å²) in [5.41, 5.74) is 0.458. The Hall–Kier alpha value is -0.0800. The summed E-state index contributed by atoms with van der Waals surface area (Å²) in [6.45, 7) is 9.58. The van der Waals surface area contributed by atoms with Crippen molar-refractivity contribution in [3.8, 4) is 0 Å². The topological polar surface area (TPSA) is 21.3 Å². The molecule has 2 heteroatoms. The van der Waals surface area contributed by atoms with E-state index in [0.29, 0.717) is 5.41 Å². The lowest BCUT2D eigenvalue weighted by Crippen LogP contribution is -2.20. The van der Waals surface area contributed by atoms with Crippen molar-refractivity contribution in [1.82, 2.24) is 5.32 Å². The summed E-state index contributed by atoms with van der Waals surface area (Å²) in [7, 11) is 2.01. The SMILES string of the molecule is CCOCCCC(C)(C)CCNC. The van der Waals surface area contributed by atoms with Gasteiger partial charge < -0.3 is 10.1 Å². The predicted octanol–water partition coefficient (Wildman–Crippen LogP) is 2.44. The van der Waals surface area contributed by atoms with Crippen molar-refractivity contribution in [2.45, 2.75) is 40.0 Å². The molecule has 2 nitrogen and oxygen atoms in total. The first kappa shape index (κ1) is 12.9. The molecule has 0 radical (unpaired) electrons. The monoisotopic (exact) mass is 187 g/mol. The first-order chi connectivity index (χ1) is 6.12. The Kier molecular flexibility index (Phi) is 7.29. The molecule has 0 aliphatic carbocycles. The Labute approximate surface area is 83.1 Å². The van der Waals surface area contributed by atoms with Gasteiger partial charge in [-0.25, -0.2) is 0 Å². The van der Waals surface area contributed by atoms with Crippen LogP contribution in [0.1, 0.15) is 40.0 Å². The Balaban J connectivity index is 3.39. The zero-order chi connectivity index (χ0) is 10.2. The second-order valence-corrected chi connectivity index (χ2v) is 4.32. The Morgan fingerprint density at radius 3 is 2.46 bits per heavy atom. The molecule has 0 fully saturated rings. The fraction of sp³-hybridized carbons (Fsp3) is 1.00. The van der Waals surface area contributed by atoms with Crippen LogP contribution in [0.5, 0.6) is 0 Å². The molecule has 0 heterocycles. The maximum absolute atomic E-state index is 5.32. The van der Waals surface area contributed by atoms with Gasteiger partial charge in [-0.05, 0) is 45.2 Å². The molecule has 0 atom stereocenters.